The number of hydrogen-bond donors (Lipinski definition) is 0. The van der Waals surface area contributed by atoms with Crippen LogP contribution in [0.4, 0.5) is 0 Å². The molecule has 1 nitrogen and oxygen atoms in total. The third kappa shape index (κ3) is 1.66. The van der Waals surface area contributed by atoms with Gasteiger partial charge in [-0.05, 0) is 0 Å². The topological polar surface area (TPSA) is 12.9 Å². The second-order valence-electron chi connectivity index (χ2n) is 3.39. The number of fused-ring (bicyclic) bond motifs is 1. The van der Waals surface area contributed by atoms with Crippen LogP contribution in [-0.2, 0) is 0 Å². The van der Waals surface area contributed by atoms with Crippen molar-refractivity contribution in [3.05, 3.63) is 39.7 Å². The van der Waals surface area contributed by atoms with Gasteiger partial charge in [-0.1, -0.05) is 0 Å². The zero-order chi connectivity index (χ0) is 10.3. The van der Waals surface area contributed by atoms with E-state index in [0.717, 1.165) is 0 Å². The standard InChI is InChI=1S/C12H9NSe2/c1-8-11-10(7-14-8)15-12(13-11)9-5-3-2-4-6-9/h2-7H,1H3. The van der Waals surface area contributed by atoms with Gasteiger partial charge in [0.1, 0.15) is 0 Å². The van der Waals surface area contributed by atoms with Crippen molar-refractivity contribution in [2.24, 2.45) is 0 Å². The number of rotatable bonds is 1. The molecular weight excluding hydrogens is 316 g/mol. The Hall–Kier alpha value is -0.591. The Balaban J connectivity index is 2.20. The van der Waals surface area contributed by atoms with Crippen molar-refractivity contribution >= 4 is 38.8 Å². The molecule has 74 valence electrons. The molecule has 3 rings (SSSR count). The molecule has 0 fully saturated rings. The molecule has 15 heavy (non-hydrogen) atoms. The van der Waals surface area contributed by atoms with Crippen molar-refractivity contribution in [3.63, 3.8) is 0 Å². The van der Waals surface area contributed by atoms with Crippen LogP contribution in [0.2, 0.25) is 0 Å². The predicted octanol–water partition coefficient (Wildman–Crippen LogP) is 2.32. The summed E-state index contributed by atoms with van der Waals surface area (Å²) in [6.07, 6.45) is 0. The molecule has 0 spiro atoms. The normalized spacial score (nSPS) is 11.0. The van der Waals surface area contributed by atoms with E-state index >= 15 is 0 Å². The molecule has 2 heterocycles. The molecule has 2 aromatic heterocycles. The number of aromatic nitrogens is 1. The summed E-state index contributed by atoms with van der Waals surface area (Å²) in [5, 5.41) is 0. The van der Waals surface area contributed by atoms with Crippen LogP contribution in [0.3, 0.4) is 0 Å². The summed E-state index contributed by atoms with van der Waals surface area (Å²) in [6, 6.07) is 10.5. The summed E-state index contributed by atoms with van der Waals surface area (Å²) >= 11 is 1.02. The Morgan fingerprint density at radius 3 is 2.67 bits per heavy atom. The minimum absolute atomic E-state index is 0.441. The molecule has 0 bridgehead atoms. The van der Waals surface area contributed by atoms with Gasteiger partial charge in [0.2, 0.25) is 0 Å². The number of nitrogens with zero attached hydrogens (tertiary/aromatic N) is 1. The van der Waals surface area contributed by atoms with E-state index in [1.807, 2.05) is 0 Å². The van der Waals surface area contributed by atoms with Crippen molar-refractivity contribution in [1.82, 2.24) is 4.98 Å². The Morgan fingerprint density at radius 2 is 1.93 bits per heavy atom. The fourth-order valence-electron chi connectivity index (χ4n) is 1.57. The zero-order valence-electron chi connectivity index (χ0n) is 8.23. The molecule has 0 aliphatic heterocycles. The number of benzene rings is 1. The van der Waals surface area contributed by atoms with Gasteiger partial charge in [0, 0.05) is 0 Å². The molecule has 3 aromatic rings. The molecule has 0 radical (unpaired) electrons. The van der Waals surface area contributed by atoms with Crippen molar-refractivity contribution in [1.29, 1.82) is 0 Å². The quantitative estimate of drug-likeness (QED) is 0.626. The van der Waals surface area contributed by atoms with Crippen LogP contribution in [0.25, 0.3) is 19.9 Å². The van der Waals surface area contributed by atoms with Crippen LogP contribution >= 0.6 is 0 Å². The summed E-state index contributed by atoms with van der Waals surface area (Å²) in [5.74, 6) is 0. The molecule has 0 aliphatic rings. The molecule has 0 aliphatic carbocycles. The van der Waals surface area contributed by atoms with Crippen LogP contribution < -0.4 is 0 Å². The van der Waals surface area contributed by atoms with Crippen LogP contribution in [-0.4, -0.2) is 34.0 Å². The van der Waals surface area contributed by atoms with E-state index in [1.165, 1.54) is 24.3 Å². The van der Waals surface area contributed by atoms with E-state index in [-0.39, 0.29) is 0 Å². The van der Waals surface area contributed by atoms with E-state index in [0.29, 0.717) is 29.0 Å². The van der Waals surface area contributed by atoms with Gasteiger partial charge in [-0.3, -0.25) is 0 Å². The van der Waals surface area contributed by atoms with Crippen LogP contribution in [0.5, 0.6) is 0 Å². The van der Waals surface area contributed by atoms with Gasteiger partial charge in [-0.25, -0.2) is 0 Å². The SMILES string of the molecule is Cc1[se]cc2[se]c(-c3ccccc3)nc12. The van der Waals surface area contributed by atoms with Gasteiger partial charge in [-0.15, -0.1) is 0 Å². The summed E-state index contributed by atoms with van der Waals surface area (Å²) in [7, 11) is 0. The van der Waals surface area contributed by atoms with Crippen molar-refractivity contribution in [2.75, 3.05) is 0 Å². The van der Waals surface area contributed by atoms with Gasteiger partial charge >= 0.3 is 101 Å². The van der Waals surface area contributed by atoms with Crippen molar-refractivity contribution < 1.29 is 0 Å². The first kappa shape index (κ1) is 9.62. The van der Waals surface area contributed by atoms with Gasteiger partial charge < -0.3 is 0 Å². The predicted molar refractivity (Wildman–Crippen MR) is 65.8 cm³/mol. The molecule has 0 amide bonds. The van der Waals surface area contributed by atoms with Gasteiger partial charge in [0.05, 0.1) is 0 Å². The Morgan fingerprint density at radius 1 is 1.13 bits per heavy atom. The first-order valence-electron chi connectivity index (χ1n) is 4.74. The number of hydrogen-bond acceptors (Lipinski definition) is 1. The second kappa shape index (κ2) is 3.77. The average molecular weight is 325 g/mol. The summed E-state index contributed by atoms with van der Waals surface area (Å²) < 4.78 is 4.29. The minimum atomic E-state index is 0.441. The summed E-state index contributed by atoms with van der Waals surface area (Å²) in [5.41, 5.74) is 2.59. The summed E-state index contributed by atoms with van der Waals surface area (Å²) in [4.78, 5) is 7.17. The zero-order valence-corrected chi connectivity index (χ0v) is 11.7. The first-order chi connectivity index (χ1) is 7.34. The van der Waals surface area contributed by atoms with E-state index in [9.17, 15) is 0 Å². The number of aryl methyl sites for hydroxylation is 1. The van der Waals surface area contributed by atoms with Gasteiger partial charge in [0.15, 0.2) is 0 Å². The van der Waals surface area contributed by atoms with Crippen LogP contribution in [0.1, 0.15) is 4.44 Å². The molecular formula is C12H9NSe2. The first-order valence-corrected chi connectivity index (χ1v) is 8.30. The maximum atomic E-state index is 4.77. The second-order valence-corrected chi connectivity index (χ2v) is 7.83. The van der Waals surface area contributed by atoms with Crippen molar-refractivity contribution in [2.45, 2.75) is 6.92 Å². The molecule has 0 unspecified atom stereocenters. The molecule has 1 aromatic carbocycles. The monoisotopic (exact) mass is 327 g/mol. The van der Waals surface area contributed by atoms with Crippen LogP contribution in [0, 0.1) is 6.92 Å². The molecule has 0 saturated heterocycles. The van der Waals surface area contributed by atoms with E-state index in [2.05, 4.69) is 42.2 Å². The maximum absolute atomic E-state index is 4.77. The molecule has 0 atom stereocenters. The fourth-order valence-corrected chi connectivity index (χ4v) is 6.31. The van der Waals surface area contributed by atoms with E-state index in [4.69, 9.17) is 4.98 Å². The van der Waals surface area contributed by atoms with E-state index in [1.54, 1.807) is 0 Å². The third-order valence-corrected chi connectivity index (χ3v) is 7.20. The Bertz CT molecular complexity index is 592. The average Bonchev–Trinajstić information content (AvgIpc) is 2.83. The van der Waals surface area contributed by atoms with Crippen LogP contribution in [0.15, 0.2) is 35.3 Å². The molecule has 3 heteroatoms. The fraction of sp³-hybridized carbons (Fsp3) is 0.0833. The van der Waals surface area contributed by atoms with Gasteiger partial charge in [-0.2, -0.15) is 0 Å². The van der Waals surface area contributed by atoms with Gasteiger partial charge in [0.25, 0.3) is 0 Å². The Labute approximate surface area is 100 Å². The third-order valence-electron chi connectivity index (χ3n) is 2.35. The van der Waals surface area contributed by atoms with Crippen molar-refractivity contribution in [3.8, 4) is 10.1 Å². The Kier molecular flexibility index (Phi) is 2.42. The summed E-state index contributed by atoms with van der Waals surface area (Å²) in [6.45, 7) is 2.21. The van der Waals surface area contributed by atoms with E-state index < -0.39 is 0 Å². The molecule has 0 saturated carbocycles. The molecule has 0 N–H and O–H groups in total.